The molecular formula is C15H18N4O2. The highest BCUT2D eigenvalue weighted by molar-refractivity contribution is 5.95. The average molecular weight is 286 g/mol. The predicted molar refractivity (Wildman–Crippen MR) is 80.5 cm³/mol. The number of nitrogens with zero attached hydrogens (tertiary/aromatic N) is 2. The minimum Gasteiger partial charge on any atom is -0.396 e. The maximum absolute atomic E-state index is 11.9. The second-order valence-corrected chi connectivity index (χ2v) is 4.60. The van der Waals surface area contributed by atoms with Gasteiger partial charge in [0.1, 0.15) is 0 Å². The van der Waals surface area contributed by atoms with Crippen molar-refractivity contribution < 1.29 is 9.90 Å². The maximum Gasteiger partial charge on any atom is 0.251 e. The number of rotatable bonds is 6. The van der Waals surface area contributed by atoms with Gasteiger partial charge in [0.25, 0.3) is 5.91 Å². The van der Waals surface area contributed by atoms with Crippen LogP contribution in [0.5, 0.6) is 0 Å². The van der Waals surface area contributed by atoms with E-state index in [1.807, 2.05) is 25.1 Å². The molecule has 1 aromatic heterocycles. The lowest BCUT2D eigenvalue weighted by atomic mass is 10.2. The number of hydrogen-bond acceptors (Lipinski definition) is 5. The number of carbonyl (C=O) groups is 1. The van der Waals surface area contributed by atoms with Crippen LogP contribution in [-0.4, -0.2) is 34.4 Å². The molecule has 6 heteroatoms. The van der Waals surface area contributed by atoms with E-state index in [2.05, 4.69) is 20.8 Å². The average Bonchev–Trinajstić information content (AvgIpc) is 2.50. The van der Waals surface area contributed by atoms with Gasteiger partial charge in [0.05, 0.1) is 5.69 Å². The van der Waals surface area contributed by atoms with Gasteiger partial charge in [-0.3, -0.25) is 4.79 Å². The SMILES string of the molecule is Cc1ccc(Nc2cccc(C(=O)NCCCO)c2)nn1. The molecule has 2 aromatic rings. The maximum atomic E-state index is 11.9. The van der Waals surface area contributed by atoms with Crippen molar-refractivity contribution in [1.29, 1.82) is 0 Å². The van der Waals surface area contributed by atoms with Crippen molar-refractivity contribution in [2.75, 3.05) is 18.5 Å². The Bertz CT molecular complexity index is 599. The number of aliphatic hydroxyl groups excluding tert-OH is 1. The highest BCUT2D eigenvalue weighted by Crippen LogP contribution is 2.15. The standard InChI is InChI=1S/C15H18N4O2/c1-11-6-7-14(19-18-11)17-13-5-2-4-12(10-13)15(21)16-8-3-9-20/h2,4-7,10,20H,3,8-9H2,1H3,(H,16,21)(H,17,19). The van der Waals surface area contributed by atoms with Gasteiger partial charge in [0, 0.05) is 24.4 Å². The van der Waals surface area contributed by atoms with E-state index in [-0.39, 0.29) is 12.5 Å². The molecule has 3 N–H and O–H groups in total. The van der Waals surface area contributed by atoms with E-state index < -0.39 is 0 Å². The minimum absolute atomic E-state index is 0.0635. The van der Waals surface area contributed by atoms with Gasteiger partial charge in [0.15, 0.2) is 5.82 Å². The first-order chi connectivity index (χ1) is 10.2. The van der Waals surface area contributed by atoms with Crippen molar-refractivity contribution in [3.8, 4) is 0 Å². The second kappa shape index (κ2) is 7.35. The molecule has 21 heavy (non-hydrogen) atoms. The first kappa shape index (κ1) is 14.9. The summed E-state index contributed by atoms with van der Waals surface area (Å²) >= 11 is 0. The molecule has 0 saturated carbocycles. The Balaban J connectivity index is 2.03. The molecular weight excluding hydrogens is 268 g/mol. The molecule has 6 nitrogen and oxygen atoms in total. The van der Waals surface area contributed by atoms with Crippen molar-refractivity contribution >= 4 is 17.4 Å². The molecule has 0 unspecified atom stereocenters. The molecule has 1 amide bonds. The van der Waals surface area contributed by atoms with Gasteiger partial charge >= 0.3 is 0 Å². The number of amides is 1. The van der Waals surface area contributed by atoms with Gasteiger partial charge in [-0.15, -0.1) is 5.10 Å². The highest BCUT2D eigenvalue weighted by atomic mass is 16.3. The fourth-order valence-electron chi connectivity index (χ4n) is 1.73. The van der Waals surface area contributed by atoms with Crippen LogP contribution >= 0.6 is 0 Å². The summed E-state index contributed by atoms with van der Waals surface area (Å²) < 4.78 is 0. The van der Waals surface area contributed by atoms with E-state index in [4.69, 9.17) is 5.11 Å². The number of aromatic nitrogens is 2. The third-order valence-corrected chi connectivity index (χ3v) is 2.82. The molecule has 0 aliphatic heterocycles. The van der Waals surface area contributed by atoms with Crippen molar-refractivity contribution in [2.45, 2.75) is 13.3 Å². The summed E-state index contributed by atoms with van der Waals surface area (Å²) in [4.78, 5) is 11.9. The molecule has 2 rings (SSSR count). The van der Waals surface area contributed by atoms with Crippen LogP contribution in [0.1, 0.15) is 22.5 Å². The van der Waals surface area contributed by atoms with E-state index in [0.29, 0.717) is 24.3 Å². The predicted octanol–water partition coefficient (Wildman–Crippen LogP) is 1.64. The van der Waals surface area contributed by atoms with Crippen molar-refractivity contribution in [1.82, 2.24) is 15.5 Å². The lowest BCUT2D eigenvalue weighted by Gasteiger charge is -2.08. The normalized spacial score (nSPS) is 10.2. The Kier molecular flexibility index (Phi) is 5.22. The highest BCUT2D eigenvalue weighted by Gasteiger charge is 2.06. The van der Waals surface area contributed by atoms with E-state index in [9.17, 15) is 4.79 Å². The smallest absolute Gasteiger partial charge is 0.251 e. The van der Waals surface area contributed by atoms with E-state index >= 15 is 0 Å². The summed E-state index contributed by atoms with van der Waals surface area (Å²) in [6, 6.07) is 10.8. The Morgan fingerprint density at radius 3 is 2.81 bits per heavy atom. The summed E-state index contributed by atoms with van der Waals surface area (Å²) in [5.74, 6) is 0.459. The molecule has 1 aromatic carbocycles. The number of hydrogen-bond donors (Lipinski definition) is 3. The molecule has 0 saturated heterocycles. The summed E-state index contributed by atoms with van der Waals surface area (Å²) in [6.45, 7) is 2.39. The fourth-order valence-corrected chi connectivity index (χ4v) is 1.73. The number of aliphatic hydroxyl groups is 1. The van der Waals surface area contributed by atoms with E-state index in [0.717, 1.165) is 11.4 Å². The molecule has 0 atom stereocenters. The topological polar surface area (TPSA) is 87.1 Å². The van der Waals surface area contributed by atoms with Gasteiger partial charge in [-0.25, -0.2) is 0 Å². The van der Waals surface area contributed by atoms with Crippen molar-refractivity contribution in [3.63, 3.8) is 0 Å². The van der Waals surface area contributed by atoms with Crippen molar-refractivity contribution in [2.24, 2.45) is 0 Å². The van der Waals surface area contributed by atoms with Crippen LogP contribution in [0.15, 0.2) is 36.4 Å². The van der Waals surface area contributed by atoms with Crippen LogP contribution in [0.4, 0.5) is 11.5 Å². The minimum atomic E-state index is -0.165. The lowest BCUT2D eigenvalue weighted by Crippen LogP contribution is -2.25. The van der Waals surface area contributed by atoms with Gasteiger partial charge < -0.3 is 15.7 Å². The summed E-state index contributed by atoms with van der Waals surface area (Å²) in [5.41, 5.74) is 2.17. The largest absolute Gasteiger partial charge is 0.396 e. The van der Waals surface area contributed by atoms with Crippen LogP contribution in [-0.2, 0) is 0 Å². The van der Waals surface area contributed by atoms with Crippen LogP contribution in [0.2, 0.25) is 0 Å². The van der Waals surface area contributed by atoms with Gasteiger partial charge in [-0.2, -0.15) is 5.10 Å². The Morgan fingerprint density at radius 2 is 2.10 bits per heavy atom. The molecule has 0 bridgehead atoms. The summed E-state index contributed by atoms with van der Waals surface area (Å²) in [5, 5.41) is 22.5. The van der Waals surface area contributed by atoms with Crippen LogP contribution in [0.25, 0.3) is 0 Å². The molecule has 1 heterocycles. The second-order valence-electron chi connectivity index (χ2n) is 4.60. The number of carbonyl (C=O) groups excluding carboxylic acids is 1. The molecule has 0 aliphatic rings. The number of aryl methyl sites for hydroxylation is 1. The fraction of sp³-hybridized carbons (Fsp3) is 0.267. The first-order valence-electron chi connectivity index (χ1n) is 6.75. The molecule has 0 spiro atoms. The summed E-state index contributed by atoms with van der Waals surface area (Å²) in [6.07, 6.45) is 0.544. The Hall–Kier alpha value is -2.47. The summed E-state index contributed by atoms with van der Waals surface area (Å²) in [7, 11) is 0. The number of anilines is 2. The van der Waals surface area contributed by atoms with Crippen molar-refractivity contribution in [3.05, 3.63) is 47.7 Å². The molecule has 0 fully saturated rings. The van der Waals surface area contributed by atoms with Gasteiger partial charge in [-0.1, -0.05) is 6.07 Å². The van der Waals surface area contributed by atoms with Crippen LogP contribution < -0.4 is 10.6 Å². The van der Waals surface area contributed by atoms with Crippen LogP contribution in [0, 0.1) is 6.92 Å². The first-order valence-corrected chi connectivity index (χ1v) is 6.75. The molecule has 110 valence electrons. The van der Waals surface area contributed by atoms with E-state index in [1.54, 1.807) is 18.2 Å². The third-order valence-electron chi connectivity index (χ3n) is 2.82. The Morgan fingerprint density at radius 1 is 1.24 bits per heavy atom. The van der Waals surface area contributed by atoms with Gasteiger partial charge in [0.2, 0.25) is 0 Å². The van der Waals surface area contributed by atoms with Gasteiger partial charge in [-0.05, 0) is 43.7 Å². The molecule has 0 radical (unpaired) electrons. The monoisotopic (exact) mass is 286 g/mol. The Labute approximate surface area is 123 Å². The molecule has 0 aliphatic carbocycles. The quantitative estimate of drug-likeness (QED) is 0.703. The van der Waals surface area contributed by atoms with Crippen LogP contribution in [0.3, 0.4) is 0 Å². The zero-order valence-corrected chi connectivity index (χ0v) is 11.8. The number of nitrogens with one attached hydrogen (secondary N) is 2. The zero-order valence-electron chi connectivity index (χ0n) is 11.8. The number of benzene rings is 1. The lowest BCUT2D eigenvalue weighted by molar-refractivity contribution is 0.0951. The zero-order chi connectivity index (χ0) is 15.1. The third kappa shape index (κ3) is 4.54. The van der Waals surface area contributed by atoms with E-state index in [1.165, 1.54) is 0 Å².